The van der Waals surface area contributed by atoms with Crippen LogP contribution in [0.4, 0.5) is 10.9 Å². The third kappa shape index (κ3) is 3.48. The Hall–Kier alpha value is -1.07. The van der Waals surface area contributed by atoms with E-state index in [-0.39, 0.29) is 0 Å². The Morgan fingerprint density at radius 2 is 2.21 bits per heavy atom. The summed E-state index contributed by atoms with van der Waals surface area (Å²) in [5.74, 6) is 0.886. The van der Waals surface area contributed by atoms with Crippen molar-refractivity contribution in [2.45, 2.75) is 42.8 Å². The fourth-order valence-electron chi connectivity index (χ4n) is 2.27. The average Bonchev–Trinajstić information content (AvgIpc) is 3.02. The minimum absolute atomic E-state index is 0.789. The summed E-state index contributed by atoms with van der Waals surface area (Å²) in [6.45, 7) is 2.00. The molecule has 1 N–H and O–H groups in total. The molecule has 0 bridgehead atoms. The van der Waals surface area contributed by atoms with E-state index < -0.39 is 0 Å². The van der Waals surface area contributed by atoms with Gasteiger partial charge >= 0.3 is 0 Å². The fourth-order valence-corrected chi connectivity index (χ4v) is 4.24. The van der Waals surface area contributed by atoms with Crippen molar-refractivity contribution >= 4 is 34.0 Å². The molecule has 2 heterocycles. The lowest BCUT2D eigenvalue weighted by Crippen LogP contribution is -1.96. The predicted molar refractivity (Wildman–Crippen MR) is 82.5 cm³/mol. The normalized spacial score (nSPS) is 15.8. The maximum Gasteiger partial charge on any atom is 0.188 e. The number of hydrogen-bond acceptors (Lipinski definition) is 5. The molecule has 2 aromatic rings. The van der Waals surface area contributed by atoms with Crippen molar-refractivity contribution in [2.75, 3.05) is 5.32 Å². The largest absolute Gasteiger partial charge is 0.316 e. The molecule has 2 aromatic heterocycles. The van der Waals surface area contributed by atoms with Crippen molar-refractivity contribution in [2.24, 2.45) is 0 Å². The topological polar surface area (TPSA) is 37.8 Å². The highest BCUT2D eigenvalue weighted by molar-refractivity contribution is 8.00. The third-order valence-corrected chi connectivity index (χ3v) is 5.40. The van der Waals surface area contributed by atoms with Crippen molar-refractivity contribution in [3.05, 3.63) is 29.4 Å². The second-order valence-electron chi connectivity index (χ2n) is 4.82. The van der Waals surface area contributed by atoms with Crippen LogP contribution in [0, 0.1) is 6.92 Å². The van der Waals surface area contributed by atoms with Gasteiger partial charge in [-0.05, 0) is 31.9 Å². The number of nitrogens with one attached hydrogen (secondary N) is 1. The molecule has 3 rings (SSSR count). The Balaban J connectivity index is 1.68. The van der Waals surface area contributed by atoms with E-state index in [1.807, 2.05) is 30.3 Å². The quantitative estimate of drug-likeness (QED) is 0.891. The van der Waals surface area contributed by atoms with Gasteiger partial charge in [0.2, 0.25) is 0 Å². The van der Waals surface area contributed by atoms with Gasteiger partial charge in [-0.15, -0.1) is 23.1 Å². The SMILES string of the molecule is Cc1csc(Nc2cc(SC3CCCC3)ccn2)n1. The van der Waals surface area contributed by atoms with Crippen LogP contribution in [0.25, 0.3) is 0 Å². The van der Waals surface area contributed by atoms with Crippen LogP contribution in [-0.4, -0.2) is 15.2 Å². The number of thiazole rings is 1. The highest BCUT2D eigenvalue weighted by Gasteiger charge is 2.16. The van der Waals surface area contributed by atoms with E-state index in [0.29, 0.717) is 0 Å². The highest BCUT2D eigenvalue weighted by Crippen LogP contribution is 2.35. The molecule has 1 aliphatic carbocycles. The molecule has 0 amide bonds. The number of anilines is 2. The van der Waals surface area contributed by atoms with E-state index in [2.05, 4.69) is 27.4 Å². The van der Waals surface area contributed by atoms with Crippen molar-refractivity contribution in [1.82, 2.24) is 9.97 Å². The van der Waals surface area contributed by atoms with E-state index in [0.717, 1.165) is 21.9 Å². The van der Waals surface area contributed by atoms with Gasteiger partial charge in [0.15, 0.2) is 5.13 Å². The summed E-state index contributed by atoms with van der Waals surface area (Å²) in [7, 11) is 0. The molecule has 100 valence electrons. The highest BCUT2D eigenvalue weighted by atomic mass is 32.2. The Labute approximate surface area is 121 Å². The van der Waals surface area contributed by atoms with Gasteiger partial charge in [-0.2, -0.15) is 0 Å². The van der Waals surface area contributed by atoms with Crippen LogP contribution in [-0.2, 0) is 0 Å². The number of pyridine rings is 1. The average molecular weight is 291 g/mol. The minimum atomic E-state index is 0.789. The van der Waals surface area contributed by atoms with E-state index in [1.54, 1.807) is 11.3 Å². The molecule has 19 heavy (non-hydrogen) atoms. The summed E-state index contributed by atoms with van der Waals surface area (Å²) in [5, 5.41) is 7.01. The van der Waals surface area contributed by atoms with Gasteiger partial charge in [-0.1, -0.05) is 12.8 Å². The third-order valence-electron chi connectivity index (χ3n) is 3.19. The molecule has 0 unspecified atom stereocenters. The lowest BCUT2D eigenvalue weighted by molar-refractivity contribution is 0.886. The molecule has 0 saturated heterocycles. The monoisotopic (exact) mass is 291 g/mol. The van der Waals surface area contributed by atoms with E-state index >= 15 is 0 Å². The molecule has 1 aliphatic rings. The molecule has 0 radical (unpaired) electrons. The summed E-state index contributed by atoms with van der Waals surface area (Å²) in [4.78, 5) is 10.1. The van der Waals surface area contributed by atoms with Crippen LogP contribution in [0.15, 0.2) is 28.6 Å². The molecule has 3 nitrogen and oxygen atoms in total. The van der Waals surface area contributed by atoms with Crippen LogP contribution >= 0.6 is 23.1 Å². The van der Waals surface area contributed by atoms with Gasteiger partial charge in [0.25, 0.3) is 0 Å². The molecule has 0 atom stereocenters. The van der Waals surface area contributed by atoms with Gasteiger partial charge in [0.1, 0.15) is 5.82 Å². The number of thioether (sulfide) groups is 1. The first-order valence-corrected chi connectivity index (χ1v) is 8.37. The van der Waals surface area contributed by atoms with Gasteiger partial charge < -0.3 is 5.32 Å². The smallest absolute Gasteiger partial charge is 0.188 e. The molecular formula is C14H17N3S2. The summed E-state index contributed by atoms with van der Waals surface area (Å²) in [6, 6.07) is 4.22. The second-order valence-corrected chi connectivity index (χ2v) is 7.05. The molecule has 0 spiro atoms. The fraction of sp³-hybridized carbons (Fsp3) is 0.429. The second kappa shape index (κ2) is 5.92. The van der Waals surface area contributed by atoms with Crippen LogP contribution in [0.1, 0.15) is 31.4 Å². The molecular weight excluding hydrogens is 274 g/mol. The Morgan fingerprint density at radius 3 is 2.95 bits per heavy atom. The summed E-state index contributed by atoms with van der Waals surface area (Å²) in [5.41, 5.74) is 1.05. The van der Waals surface area contributed by atoms with Gasteiger partial charge in [-0.3, -0.25) is 0 Å². The summed E-state index contributed by atoms with van der Waals surface area (Å²) in [6.07, 6.45) is 7.33. The minimum Gasteiger partial charge on any atom is -0.316 e. The zero-order chi connectivity index (χ0) is 13.1. The molecule has 1 fully saturated rings. The first kappa shape index (κ1) is 12.9. The number of hydrogen-bond donors (Lipinski definition) is 1. The lowest BCUT2D eigenvalue weighted by Gasteiger charge is -2.09. The summed E-state index contributed by atoms with van der Waals surface area (Å²) < 4.78 is 0. The molecule has 0 aromatic carbocycles. The predicted octanol–water partition coefficient (Wildman–Crippen LogP) is 4.62. The Kier molecular flexibility index (Phi) is 4.03. The summed E-state index contributed by atoms with van der Waals surface area (Å²) >= 11 is 3.60. The van der Waals surface area contributed by atoms with Crippen LogP contribution < -0.4 is 5.32 Å². The maximum absolute atomic E-state index is 4.40. The number of nitrogens with zero attached hydrogens (tertiary/aromatic N) is 2. The molecule has 0 aliphatic heterocycles. The first-order chi connectivity index (χ1) is 9.29. The van der Waals surface area contributed by atoms with Crippen LogP contribution in [0.5, 0.6) is 0 Å². The Bertz CT molecular complexity index is 547. The van der Waals surface area contributed by atoms with E-state index in [9.17, 15) is 0 Å². The van der Waals surface area contributed by atoms with Gasteiger partial charge in [0.05, 0.1) is 5.69 Å². The maximum atomic E-state index is 4.40. The van der Waals surface area contributed by atoms with Crippen molar-refractivity contribution in [3.63, 3.8) is 0 Å². The zero-order valence-electron chi connectivity index (χ0n) is 10.9. The van der Waals surface area contributed by atoms with Crippen molar-refractivity contribution < 1.29 is 0 Å². The van der Waals surface area contributed by atoms with Crippen molar-refractivity contribution in [3.8, 4) is 0 Å². The number of aromatic nitrogens is 2. The Morgan fingerprint density at radius 1 is 1.37 bits per heavy atom. The van der Waals surface area contributed by atoms with Crippen molar-refractivity contribution in [1.29, 1.82) is 0 Å². The lowest BCUT2D eigenvalue weighted by atomic mass is 10.4. The van der Waals surface area contributed by atoms with E-state index in [1.165, 1.54) is 30.6 Å². The van der Waals surface area contributed by atoms with Crippen LogP contribution in [0.2, 0.25) is 0 Å². The number of rotatable bonds is 4. The first-order valence-electron chi connectivity index (χ1n) is 6.61. The van der Waals surface area contributed by atoms with Gasteiger partial charge in [-0.25, -0.2) is 9.97 Å². The molecule has 1 saturated carbocycles. The van der Waals surface area contributed by atoms with E-state index in [4.69, 9.17) is 0 Å². The van der Waals surface area contributed by atoms with Gasteiger partial charge in [0, 0.05) is 21.7 Å². The standard InChI is InChI=1S/C14H17N3S2/c1-10-9-18-14(16-10)17-13-8-12(6-7-15-13)19-11-4-2-3-5-11/h6-9,11H,2-5H2,1H3,(H,15,16,17). The van der Waals surface area contributed by atoms with Crippen LogP contribution in [0.3, 0.4) is 0 Å². The molecule has 5 heteroatoms. The number of aryl methyl sites for hydroxylation is 1. The zero-order valence-corrected chi connectivity index (χ0v) is 12.6.